The van der Waals surface area contributed by atoms with Gasteiger partial charge in [0.1, 0.15) is 5.82 Å². The predicted octanol–water partition coefficient (Wildman–Crippen LogP) is 2.14. The van der Waals surface area contributed by atoms with Crippen molar-refractivity contribution in [3.05, 3.63) is 35.6 Å². The molecule has 2 rings (SSSR count). The van der Waals surface area contributed by atoms with Gasteiger partial charge in [0, 0.05) is 6.42 Å². The van der Waals surface area contributed by atoms with Crippen LogP contribution in [0.15, 0.2) is 24.3 Å². The highest BCUT2D eigenvalue weighted by atomic mass is 19.1. The van der Waals surface area contributed by atoms with Crippen LogP contribution in [-0.2, 0) is 6.42 Å². The van der Waals surface area contributed by atoms with Gasteiger partial charge in [-0.2, -0.15) is 0 Å². The van der Waals surface area contributed by atoms with Gasteiger partial charge in [-0.25, -0.2) is 4.39 Å². The molecule has 1 nitrogen and oxygen atoms in total. The van der Waals surface area contributed by atoms with E-state index in [0.29, 0.717) is 12.3 Å². The Morgan fingerprint density at radius 1 is 1.46 bits per heavy atom. The Kier molecular flexibility index (Phi) is 1.88. The summed E-state index contributed by atoms with van der Waals surface area (Å²) >= 11 is 0. The van der Waals surface area contributed by atoms with Crippen LogP contribution in [0, 0.1) is 11.7 Å². The van der Waals surface area contributed by atoms with E-state index in [0.717, 1.165) is 12.0 Å². The highest BCUT2D eigenvalue weighted by Crippen LogP contribution is 2.45. The van der Waals surface area contributed by atoms with Gasteiger partial charge >= 0.3 is 0 Å². The van der Waals surface area contributed by atoms with Crippen LogP contribution >= 0.6 is 0 Å². The third kappa shape index (κ3) is 1.73. The molecule has 1 saturated carbocycles. The van der Waals surface area contributed by atoms with Gasteiger partial charge in [-0.1, -0.05) is 19.1 Å². The molecule has 0 aromatic heterocycles. The van der Waals surface area contributed by atoms with Gasteiger partial charge < -0.3 is 5.11 Å². The summed E-state index contributed by atoms with van der Waals surface area (Å²) in [6.07, 6.45) is 1.51. The van der Waals surface area contributed by atoms with E-state index in [9.17, 15) is 9.50 Å². The minimum absolute atomic E-state index is 0.223. The largest absolute Gasteiger partial charge is 0.389 e. The predicted molar refractivity (Wildman–Crippen MR) is 48.8 cm³/mol. The van der Waals surface area contributed by atoms with E-state index in [1.807, 2.05) is 6.92 Å². The molecule has 0 aliphatic heterocycles. The Balaban J connectivity index is 2.07. The molecule has 2 atom stereocenters. The van der Waals surface area contributed by atoms with Crippen molar-refractivity contribution in [3.8, 4) is 0 Å². The van der Waals surface area contributed by atoms with Crippen molar-refractivity contribution in [1.29, 1.82) is 0 Å². The van der Waals surface area contributed by atoms with Crippen molar-refractivity contribution in [2.45, 2.75) is 25.4 Å². The van der Waals surface area contributed by atoms with Crippen molar-refractivity contribution >= 4 is 0 Å². The van der Waals surface area contributed by atoms with Gasteiger partial charge in [-0.15, -0.1) is 0 Å². The van der Waals surface area contributed by atoms with Gasteiger partial charge in [0.15, 0.2) is 0 Å². The molecule has 1 aromatic rings. The van der Waals surface area contributed by atoms with Crippen molar-refractivity contribution in [2.24, 2.45) is 5.92 Å². The van der Waals surface area contributed by atoms with E-state index < -0.39 is 5.60 Å². The van der Waals surface area contributed by atoms with Crippen LogP contribution in [0.1, 0.15) is 18.9 Å². The number of aliphatic hydroxyl groups is 1. The first-order valence-electron chi connectivity index (χ1n) is 4.57. The Bertz CT molecular complexity index is 306. The van der Waals surface area contributed by atoms with E-state index in [4.69, 9.17) is 0 Å². The Morgan fingerprint density at radius 3 is 2.46 bits per heavy atom. The fourth-order valence-electron chi connectivity index (χ4n) is 1.67. The lowest BCUT2D eigenvalue weighted by atomic mass is 10.1. The van der Waals surface area contributed by atoms with E-state index in [2.05, 4.69) is 0 Å². The van der Waals surface area contributed by atoms with Gasteiger partial charge in [-0.3, -0.25) is 0 Å². The highest BCUT2D eigenvalue weighted by molar-refractivity contribution is 5.21. The summed E-state index contributed by atoms with van der Waals surface area (Å²) in [6.45, 7) is 2.03. The number of hydrogen-bond donors (Lipinski definition) is 1. The molecule has 0 amide bonds. The second-order valence-electron chi connectivity index (χ2n) is 4.01. The third-order valence-corrected chi connectivity index (χ3v) is 2.84. The minimum atomic E-state index is -0.516. The number of benzene rings is 1. The molecule has 1 fully saturated rings. The molecule has 1 aliphatic carbocycles. The molecule has 70 valence electrons. The molecule has 0 spiro atoms. The van der Waals surface area contributed by atoms with Crippen LogP contribution in [0.3, 0.4) is 0 Å². The lowest BCUT2D eigenvalue weighted by molar-refractivity contribution is 0.135. The average Bonchev–Trinajstić information content (AvgIpc) is 2.65. The Labute approximate surface area is 77.2 Å². The number of rotatable bonds is 2. The maximum absolute atomic E-state index is 12.5. The molecule has 0 saturated heterocycles. The van der Waals surface area contributed by atoms with Gasteiger partial charge in [0.05, 0.1) is 5.60 Å². The van der Waals surface area contributed by atoms with E-state index >= 15 is 0 Å². The number of halogens is 1. The summed E-state index contributed by atoms with van der Waals surface area (Å²) in [5, 5.41) is 9.83. The Morgan fingerprint density at radius 2 is 2.00 bits per heavy atom. The normalized spacial score (nSPS) is 31.8. The molecule has 13 heavy (non-hydrogen) atoms. The molecular formula is C11H13FO. The summed E-state index contributed by atoms with van der Waals surface area (Å²) < 4.78 is 12.5. The minimum Gasteiger partial charge on any atom is -0.389 e. The molecular weight excluding hydrogens is 167 g/mol. The summed E-state index contributed by atoms with van der Waals surface area (Å²) in [7, 11) is 0. The molecule has 1 N–H and O–H groups in total. The lowest BCUT2D eigenvalue weighted by Crippen LogP contribution is -2.13. The molecule has 2 heteroatoms. The van der Waals surface area contributed by atoms with Crippen molar-refractivity contribution in [2.75, 3.05) is 0 Å². The fraction of sp³-hybridized carbons (Fsp3) is 0.455. The summed E-state index contributed by atoms with van der Waals surface area (Å²) in [6, 6.07) is 6.34. The van der Waals surface area contributed by atoms with E-state index in [1.54, 1.807) is 12.1 Å². The summed E-state index contributed by atoms with van der Waals surface area (Å²) in [5.41, 5.74) is 0.492. The molecule has 0 bridgehead atoms. The SMILES string of the molecule is CC1CC1(O)Cc1ccc(F)cc1. The second kappa shape index (κ2) is 2.81. The van der Waals surface area contributed by atoms with Gasteiger partial charge in [-0.05, 0) is 30.0 Å². The molecule has 1 aliphatic rings. The molecule has 0 radical (unpaired) electrons. The van der Waals surface area contributed by atoms with Crippen LogP contribution in [0.2, 0.25) is 0 Å². The molecule has 1 aromatic carbocycles. The van der Waals surface area contributed by atoms with Crippen molar-refractivity contribution in [1.82, 2.24) is 0 Å². The van der Waals surface area contributed by atoms with Crippen LogP contribution < -0.4 is 0 Å². The first-order chi connectivity index (χ1) is 6.10. The first kappa shape index (κ1) is 8.70. The lowest BCUT2D eigenvalue weighted by Gasteiger charge is -2.08. The standard InChI is InChI=1S/C11H13FO/c1-8-6-11(8,13)7-9-2-4-10(12)5-3-9/h2-5,8,13H,6-7H2,1H3. The molecule has 2 unspecified atom stereocenters. The van der Waals surface area contributed by atoms with Crippen LogP contribution in [0.25, 0.3) is 0 Å². The van der Waals surface area contributed by atoms with E-state index in [-0.39, 0.29) is 5.82 Å². The fourth-order valence-corrected chi connectivity index (χ4v) is 1.67. The van der Waals surface area contributed by atoms with Gasteiger partial charge in [0.25, 0.3) is 0 Å². The zero-order chi connectivity index (χ0) is 9.47. The first-order valence-corrected chi connectivity index (χ1v) is 4.57. The van der Waals surface area contributed by atoms with Crippen LogP contribution in [0.4, 0.5) is 4.39 Å². The second-order valence-corrected chi connectivity index (χ2v) is 4.01. The average molecular weight is 180 g/mol. The van der Waals surface area contributed by atoms with Gasteiger partial charge in [0.2, 0.25) is 0 Å². The molecule has 0 heterocycles. The highest BCUT2D eigenvalue weighted by Gasteiger charge is 2.49. The zero-order valence-electron chi connectivity index (χ0n) is 7.63. The smallest absolute Gasteiger partial charge is 0.123 e. The zero-order valence-corrected chi connectivity index (χ0v) is 7.63. The number of hydrogen-bond acceptors (Lipinski definition) is 1. The van der Waals surface area contributed by atoms with E-state index in [1.165, 1.54) is 12.1 Å². The Hall–Kier alpha value is -0.890. The summed E-state index contributed by atoms with van der Waals surface area (Å²) in [4.78, 5) is 0. The third-order valence-electron chi connectivity index (χ3n) is 2.84. The summed E-state index contributed by atoms with van der Waals surface area (Å²) in [5.74, 6) is 0.164. The topological polar surface area (TPSA) is 20.2 Å². The van der Waals surface area contributed by atoms with Crippen LogP contribution in [0.5, 0.6) is 0 Å². The van der Waals surface area contributed by atoms with Crippen molar-refractivity contribution in [3.63, 3.8) is 0 Å². The van der Waals surface area contributed by atoms with Crippen LogP contribution in [-0.4, -0.2) is 10.7 Å². The van der Waals surface area contributed by atoms with Crippen molar-refractivity contribution < 1.29 is 9.50 Å². The monoisotopic (exact) mass is 180 g/mol. The maximum Gasteiger partial charge on any atom is 0.123 e. The quantitative estimate of drug-likeness (QED) is 0.739. The maximum atomic E-state index is 12.5.